The van der Waals surface area contributed by atoms with Gasteiger partial charge < -0.3 is 9.47 Å². The number of hydrogen-bond acceptors (Lipinski definition) is 4. The van der Waals surface area contributed by atoms with Crippen molar-refractivity contribution in [3.05, 3.63) is 18.2 Å². The minimum absolute atomic E-state index is 0.0835. The van der Waals surface area contributed by atoms with Crippen LogP contribution >= 0.6 is 0 Å². The van der Waals surface area contributed by atoms with Crippen LogP contribution in [0.4, 0.5) is 0 Å². The summed E-state index contributed by atoms with van der Waals surface area (Å²) >= 11 is 0. The van der Waals surface area contributed by atoms with E-state index in [0.717, 1.165) is 6.42 Å². The summed E-state index contributed by atoms with van der Waals surface area (Å²) in [4.78, 5) is 0.170. The van der Waals surface area contributed by atoms with Crippen molar-refractivity contribution in [1.29, 1.82) is 0 Å². The van der Waals surface area contributed by atoms with Gasteiger partial charge in [0.1, 0.15) is 0 Å². The van der Waals surface area contributed by atoms with Crippen molar-refractivity contribution >= 4 is 10.0 Å². The fourth-order valence-corrected chi connectivity index (χ4v) is 2.67. The molecule has 0 bridgehead atoms. The highest BCUT2D eigenvalue weighted by Crippen LogP contribution is 2.29. The zero-order valence-corrected chi connectivity index (χ0v) is 13.5. The average Bonchev–Trinajstić information content (AvgIpc) is 2.36. The van der Waals surface area contributed by atoms with Crippen molar-refractivity contribution in [3.8, 4) is 11.5 Å². The number of methoxy groups -OCH3 is 2. The summed E-state index contributed by atoms with van der Waals surface area (Å²) < 4.78 is 37.2. The molecule has 0 spiro atoms. The van der Waals surface area contributed by atoms with Gasteiger partial charge in [0.05, 0.1) is 19.1 Å². The number of benzene rings is 1. The molecular weight excluding hydrogens is 278 g/mol. The molecule has 5 nitrogen and oxygen atoms in total. The fourth-order valence-electron chi connectivity index (χ4n) is 1.63. The first-order chi connectivity index (χ1) is 9.19. The first-order valence-electron chi connectivity index (χ1n) is 6.41. The highest BCUT2D eigenvalue weighted by atomic mass is 32.2. The molecule has 1 rings (SSSR count). The quantitative estimate of drug-likeness (QED) is 0.876. The Hall–Kier alpha value is -1.27. The summed E-state index contributed by atoms with van der Waals surface area (Å²) in [5, 5.41) is 0. The molecule has 0 aliphatic carbocycles. The van der Waals surface area contributed by atoms with E-state index in [-0.39, 0.29) is 10.3 Å². The van der Waals surface area contributed by atoms with Crippen LogP contribution in [-0.4, -0.2) is 29.2 Å². The summed E-state index contributed by atoms with van der Waals surface area (Å²) in [5.41, 5.74) is 0.0835. The summed E-state index contributed by atoms with van der Waals surface area (Å²) in [7, 11) is -0.545. The van der Waals surface area contributed by atoms with E-state index in [9.17, 15) is 8.42 Å². The van der Waals surface area contributed by atoms with Gasteiger partial charge in [-0.25, -0.2) is 13.1 Å². The lowest BCUT2D eigenvalue weighted by molar-refractivity contribution is 0.353. The molecule has 0 aromatic heterocycles. The Morgan fingerprint density at radius 1 is 1.10 bits per heavy atom. The zero-order chi connectivity index (χ0) is 15.4. The third kappa shape index (κ3) is 4.68. The fraction of sp³-hybridized carbons (Fsp3) is 0.571. The van der Waals surface area contributed by atoms with E-state index in [2.05, 4.69) is 25.5 Å². The molecule has 0 aliphatic heterocycles. The molecule has 0 saturated carbocycles. The Labute approximate surface area is 121 Å². The van der Waals surface area contributed by atoms with Gasteiger partial charge in [0.15, 0.2) is 11.5 Å². The van der Waals surface area contributed by atoms with Crippen molar-refractivity contribution in [1.82, 2.24) is 4.72 Å². The molecule has 114 valence electrons. The van der Waals surface area contributed by atoms with Crippen molar-refractivity contribution in [2.24, 2.45) is 5.41 Å². The largest absolute Gasteiger partial charge is 0.493 e. The lowest BCUT2D eigenvalue weighted by Gasteiger charge is -2.18. The highest BCUT2D eigenvalue weighted by Gasteiger charge is 2.18. The maximum absolute atomic E-state index is 12.2. The Balaban J connectivity index is 2.87. The van der Waals surface area contributed by atoms with Gasteiger partial charge in [-0.1, -0.05) is 20.8 Å². The van der Waals surface area contributed by atoms with E-state index < -0.39 is 10.0 Å². The molecule has 20 heavy (non-hydrogen) atoms. The van der Waals surface area contributed by atoms with Crippen LogP contribution in [0.3, 0.4) is 0 Å². The Bertz CT molecular complexity index is 547. The van der Waals surface area contributed by atoms with E-state index >= 15 is 0 Å². The first kappa shape index (κ1) is 16.8. The average molecular weight is 301 g/mol. The van der Waals surface area contributed by atoms with Gasteiger partial charge in [0, 0.05) is 12.6 Å². The van der Waals surface area contributed by atoms with Crippen LogP contribution in [0.2, 0.25) is 0 Å². The van der Waals surface area contributed by atoms with E-state index in [1.165, 1.54) is 26.4 Å². The number of nitrogens with one attached hydrogen (secondary N) is 1. The normalized spacial score (nSPS) is 12.2. The van der Waals surface area contributed by atoms with Crippen LogP contribution in [0.15, 0.2) is 23.1 Å². The molecule has 0 fully saturated rings. The summed E-state index contributed by atoms with van der Waals surface area (Å²) in [6.07, 6.45) is 0.763. The Morgan fingerprint density at radius 2 is 1.70 bits per heavy atom. The van der Waals surface area contributed by atoms with Gasteiger partial charge in [0.25, 0.3) is 0 Å². The summed E-state index contributed by atoms with van der Waals surface area (Å²) in [6, 6.07) is 4.54. The molecule has 1 N–H and O–H groups in total. The second-order valence-corrected chi connectivity index (χ2v) is 7.49. The minimum atomic E-state index is -3.53. The van der Waals surface area contributed by atoms with Crippen LogP contribution in [0, 0.1) is 5.41 Å². The van der Waals surface area contributed by atoms with Crippen molar-refractivity contribution in [2.45, 2.75) is 32.1 Å². The van der Waals surface area contributed by atoms with E-state index in [4.69, 9.17) is 9.47 Å². The Morgan fingerprint density at radius 3 is 2.20 bits per heavy atom. The lowest BCUT2D eigenvalue weighted by atomic mass is 9.93. The number of hydrogen-bond donors (Lipinski definition) is 1. The van der Waals surface area contributed by atoms with Crippen LogP contribution in [-0.2, 0) is 10.0 Å². The molecule has 0 atom stereocenters. The van der Waals surface area contributed by atoms with Crippen LogP contribution < -0.4 is 14.2 Å². The first-order valence-corrected chi connectivity index (χ1v) is 7.89. The third-order valence-electron chi connectivity index (χ3n) is 2.83. The molecule has 0 radical (unpaired) electrons. The monoisotopic (exact) mass is 301 g/mol. The minimum Gasteiger partial charge on any atom is -0.493 e. The van der Waals surface area contributed by atoms with Crippen LogP contribution in [0.1, 0.15) is 27.2 Å². The van der Waals surface area contributed by atoms with E-state index in [1.807, 2.05) is 0 Å². The molecule has 0 heterocycles. The predicted molar refractivity (Wildman–Crippen MR) is 78.8 cm³/mol. The van der Waals surface area contributed by atoms with Gasteiger partial charge in [-0.15, -0.1) is 0 Å². The van der Waals surface area contributed by atoms with Crippen molar-refractivity contribution in [3.63, 3.8) is 0 Å². The predicted octanol–water partition coefficient (Wildman–Crippen LogP) is 2.42. The second-order valence-electron chi connectivity index (χ2n) is 5.73. The smallest absolute Gasteiger partial charge is 0.240 e. The topological polar surface area (TPSA) is 64.6 Å². The SMILES string of the molecule is COc1ccc(S(=O)(=O)NCCC(C)(C)C)cc1OC. The molecule has 0 aliphatic rings. The standard InChI is InChI=1S/C14H23NO4S/c1-14(2,3)8-9-15-20(16,17)11-6-7-12(18-4)13(10-11)19-5/h6-7,10,15H,8-9H2,1-5H3. The molecule has 6 heteroatoms. The van der Waals surface area contributed by atoms with Crippen LogP contribution in [0.25, 0.3) is 0 Å². The molecule has 1 aromatic rings. The summed E-state index contributed by atoms with van der Waals surface area (Å²) in [6.45, 7) is 6.60. The number of sulfonamides is 1. The number of rotatable bonds is 6. The van der Waals surface area contributed by atoms with Gasteiger partial charge >= 0.3 is 0 Å². The lowest BCUT2D eigenvalue weighted by Crippen LogP contribution is -2.27. The molecule has 0 unspecified atom stereocenters. The van der Waals surface area contributed by atoms with Crippen LogP contribution in [0.5, 0.6) is 11.5 Å². The second kappa shape index (κ2) is 6.45. The third-order valence-corrected chi connectivity index (χ3v) is 4.29. The van der Waals surface area contributed by atoms with Gasteiger partial charge in [-0.3, -0.25) is 0 Å². The summed E-state index contributed by atoms with van der Waals surface area (Å²) in [5.74, 6) is 0.896. The molecule has 1 aromatic carbocycles. The van der Waals surface area contributed by atoms with Gasteiger partial charge in [-0.2, -0.15) is 0 Å². The zero-order valence-electron chi connectivity index (χ0n) is 12.7. The van der Waals surface area contributed by atoms with E-state index in [1.54, 1.807) is 6.07 Å². The van der Waals surface area contributed by atoms with E-state index in [0.29, 0.717) is 18.0 Å². The van der Waals surface area contributed by atoms with Crippen molar-refractivity contribution < 1.29 is 17.9 Å². The molecule has 0 amide bonds. The Kier molecular flexibility index (Phi) is 5.42. The van der Waals surface area contributed by atoms with Crippen molar-refractivity contribution in [2.75, 3.05) is 20.8 Å². The molecular formula is C14H23NO4S. The van der Waals surface area contributed by atoms with Gasteiger partial charge in [-0.05, 0) is 24.0 Å². The maximum Gasteiger partial charge on any atom is 0.240 e. The number of ether oxygens (including phenoxy) is 2. The maximum atomic E-state index is 12.2. The highest BCUT2D eigenvalue weighted by molar-refractivity contribution is 7.89. The van der Waals surface area contributed by atoms with Gasteiger partial charge in [0.2, 0.25) is 10.0 Å². The molecule has 0 saturated heterocycles.